The number of carbonyl (C=O) groups is 1. The van der Waals surface area contributed by atoms with Crippen LogP contribution in [0.15, 0.2) is 18.2 Å². The average molecular weight is 337 g/mol. The molecule has 3 aliphatic rings. The molecule has 0 saturated heterocycles. The molecule has 0 aromatic heterocycles. The first kappa shape index (κ1) is 16.0. The van der Waals surface area contributed by atoms with Crippen molar-refractivity contribution in [3.05, 3.63) is 29.3 Å². The standard InChI is InChI=1S/C19H22F3NO/c1-2-12-9-14(12)13-5-6-15-16(10-13)23(11-19(20,21)22)17(24)18(15)7-3-4-8-18/h5-6,10,12,14H,2-4,7-9,11H2,1H3/t12-,14-/m0/s1. The molecule has 130 valence electrons. The maximum atomic E-state index is 13.0. The molecule has 2 atom stereocenters. The zero-order valence-electron chi connectivity index (χ0n) is 13.8. The Kier molecular flexibility index (Phi) is 3.49. The van der Waals surface area contributed by atoms with Crippen LogP contribution in [0.25, 0.3) is 0 Å². The molecule has 4 rings (SSSR count). The molecule has 2 fully saturated rings. The number of hydrogen-bond acceptors (Lipinski definition) is 1. The van der Waals surface area contributed by atoms with Crippen molar-refractivity contribution in [3.63, 3.8) is 0 Å². The van der Waals surface area contributed by atoms with Crippen LogP contribution in [0, 0.1) is 5.92 Å². The van der Waals surface area contributed by atoms with Crippen molar-refractivity contribution in [2.24, 2.45) is 5.92 Å². The third-order valence-corrected chi connectivity index (χ3v) is 6.15. The lowest BCUT2D eigenvalue weighted by atomic mass is 9.80. The first-order valence-electron chi connectivity index (χ1n) is 8.89. The highest BCUT2D eigenvalue weighted by molar-refractivity contribution is 6.08. The Morgan fingerprint density at radius 2 is 1.96 bits per heavy atom. The van der Waals surface area contributed by atoms with Crippen molar-refractivity contribution in [1.82, 2.24) is 0 Å². The zero-order chi connectivity index (χ0) is 17.1. The molecule has 1 aliphatic heterocycles. The number of halogens is 3. The molecule has 1 aromatic rings. The van der Waals surface area contributed by atoms with Gasteiger partial charge in [0.2, 0.25) is 5.91 Å². The second-order valence-electron chi connectivity index (χ2n) is 7.58. The van der Waals surface area contributed by atoms with Gasteiger partial charge in [-0.25, -0.2) is 0 Å². The van der Waals surface area contributed by atoms with Crippen LogP contribution in [-0.4, -0.2) is 18.6 Å². The maximum Gasteiger partial charge on any atom is 0.406 e. The lowest BCUT2D eigenvalue weighted by Crippen LogP contribution is -2.43. The number of rotatable bonds is 3. The van der Waals surface area contributed by atoms with Crippen molar-refractivity contribution in [2.75, 3.05) is 11.4 Å². The molecule has 1 heterocycles. The topological polar surface area (TPSA) is 20.3 Å². The van der Waals surface area contributed by atoms with E-state index < -0.39 is 18.1 Å². The van der Waals surface area contributed by atoms with Gasteiger partial charge in [-0.05, 0) is 48.3 Å². The predicted molar refractivity (Wildman–Crippen MR) is 86.1 cm³/mol. The summed E-state index contributed by atoms with van der Waals surface area (Å²) in [5.41, 5.74) is 1.73. The summed E-state index contributed by atoms with van der Waals surface area (Å²) >= 11 is 0. The molecule has 1 aromatic carbocycles. The molecule has 2 nitrogen and oxygen atoms in total. The monoisotopic (exact) mass is 337 g/mol. The molecule has 1 amide bonds. The second kappa shape index (κ2) is 5.24. The number of alkyl halides is 3. The van der Waals surface area contributed by atoms with Crippen molar-refractivity contribution in [2.45, 2.75) is 63.0 Å². The lowest BCUT2D eigenvalue weighted by Gasteiger charge is -2.24. The summed E-state index contributed by atoms with van der Waals surface area (Å²) in [7, 11) is 0. The Bertz CT molecular complexity index is 676. The quantitative estimate of drug-likeness (QED) is 0.766. The number of amides is 1. The fourth-order valence-corrected chi connectivity index (χ4v) is 4.80. The van der Waals surface area contributed by atoms with Gasteiger partial charge in [-0.2, -0.15) is 13.2 Å². The van der Waals surface area contributed by atoms with E-state index in [9.17, 15) is 18.0 Å². The SMILES string of the molecule is CC[C@H]1C[C@@H]1c1ccc2c(c1)N(CC(F)(F)F)C(=O)C21CCCC1. The zero-order valence-corrected chi connectivity index (χ0v) is 13.8. The summed E-state index contributed by atoms with van der Waals surface area (Å²) in [6, 6.07) is 5.85. The summed E-state index contributed by atoms with van der Waals surface area (Å²) in [5, 5.41) is 0. The predicted octanol–water partition coefficient (Wildman–Crippen LogP) is 4.92. The molecule has 0 unspecified atom stereocenters. The van der Waals surface area contributed by atoms with Gasteiger partial charge < -0.3 is 4.90 Å². The van der Waals surface area contributed by atoms with Gasteiger partial charge in [-0.15, -0.1) is 0 Å². The van der Waals surface area contributed by atoms with Crippen LogP contribution in [-0.2, 0) is 10.2 Å². The van der Waals surface area contributed by atoms with Crippen molar-refractivity contribution < 1.29 is 18.0 Å². The molecule has 1 spiro atoms. The summed E-state index contributed by atoms with van der Waals surface area (Å²) in [6.45, 7) is 0.969. The van der Waals surface area contributed by atoms with Gasteiger partial charge in [0, 0.05) is 5.69 Å². The minimum absolute atomic E-state index is 0.340. The molecule has 0 N–H and O–H groups in total. The second-order valence-corrected chi connectivity index (χ2v) is 7.58. The number of hydrogen-bond donors (Lipinski definition) is 0. The first-order valence-corrected chi connectivity index (χ1v) is 8.89. The van der Waals surface area contributed by atoms with E-state index in [2.05, 4.69) is 6.92 Å². The van der Waals surface area contributed by atoms with Gasteiger partial charge >= 0.3 is 6.18 Å². The van der Waals surface area contributed by atoms with E-state index in [1.165, 1.54) is 0 Å². The number of anilines is 1. The lowest BCUT2D eigenvalue weighted by molar-refractivity contribution is -0.134. The summed E-state index contributed by atoms with van der Waals surface area (Å²) in [4.78, 5) is 13.9. The first-order chi connectivity index (χ1) is 11.4. The van der Waals surface area contributed by atoms with Crippen LogP contribution in [0.4, 0.5) is 18.9 Å². The number of carbonyl (C=O) groups excluding carboxylic acids is 1. The van der Waals surface area contributed by atoms with E-state index in [1.54, 1.807) is 0 Å². The molecule has 0 radical (unpaired) electrons. The molecule has 24 heavy (non-hydrogen) atoms. The highest BCUT2D eigenvalue weighted by Gasteiger charge is 2.54. The van der Waals surface area contributed by atoms with Crippen molar-refractivity contribution >= 4 is 11.6 Å². The Hall–Kier alpha value is -1.52. The number of fused-ring (bicyclic) bond motifs is 2. The van der Waals surface area contributed by atoms with Gasteiger partial charge in [-0.1, -0.05) is 38.3 Å². The fraction of sp³-hybridized carbons (Fsp3) is 0.632. The van der Waals surface area contributed by atoms with Gasteiger partial charge in [-0.3, -0.25) is 4.79 Å². The van der Waals surface area contributed by atoms with E-state index >= 15 is 0 Å². The average Bonchev–Trinajstić information content (AvgIpc) is 3.11. The van der Waals surface area contributed by atoms with Gasteiger partial charge in [0.25, 0.3) is 0 Å². The van der Waals surface area contributed by atoms with Crippen LogP contribution >= 0.6 is 0 Å². The Morgan fingerprint density at radius 3 is 2.54 bits per heavy atom. The summed E-state index contributed by atoms with van der Waals surface area (Å²) in [5.74, 6) is 0.743. The smallest absolute Gasteiger partial charge is 0.302 e. The van der Waals surface area contributed by atoms with Gasteiger partial charge in [0.1, 0.15) is 6.54 Å². The Labute approximate surface area is 140 Å². The van der Waals surface area contributed by atoms with Crippen molar-refractivity contribution in [1.29, 1.82) is 0 Å². The number of nitrogens with zero attached hydrogens (tertiary/aromatic N) is 1. The fourth-order valence-electron chi connectivity index (χ4n) is 4.80. The summed E-state index contributed by atoms with van der Waals surface area (Å²) in [6.07, 6.45) is 0.991. The van der Waals surface area contributed by atoms with E-state index in [4.69, 9.17) is 0 Å². The van der Waals surface area contributed by atoms with Gasteiger partial charge in [0.15, 0.2) is 0 Å². The van der Waals surface area contributed by atoms with Crippen LogP contribution < -0.4 is 4.90 Å². The van der Waals surface area contributed by atoms with Gasteiger partial charge in [0.05, 0.1) is 5.41 Å². The van der Waals surface area contributed by atoms with Crippen molar-refractivity contribution in [3.8, 4) is 0 Å². The van der Waals surface area contributed by atoms with E-state index in [0.29, 0.717) is 30.4 Å². The Morgan fingerprint density at radius 1 is 1.25 bits per heavy atom. The Balaban J connectivity index is 1.76. The van der Waals surface area contributed by atoms with E-state index in [0.717, 1.165) is 41.7 Å². The van der Waals surface area contributed by atoms with Crippen LogP contribution in [0.5, 0.6) is 0 Å². The summed E-state index contributed by atoms with van der Waals surface area (Å²) < 4.78 is 39.1. The molecule has 2 aliphatic carbocycles. The highest BCUT2D eigenvalue weighted by atomic mass is 19.4. The van der Waals surface area contributed by atoms with Crippen LogP contribution in [0.3, 0.4) is 0 Å². The molecular weight excluding hydrogens is 315 g/mol. The van der Waals surface area contributed by atoms with Crippen LogP contribution in [0.1, 0.15) is 62.5 Å². The minimum atomic E-state index is -4.38. The highest BCUT2D eigenvalue weighted by Crippen LogP contribution is 2.55. The molecular formula is C19H22F3NO. The minimum Gasteiger partial charge on any atom is -0.302 e. The number of benzene rings is 1. The third-order valence-electron chi connectivity index (χ3n) is 6.15. The molecule has 0 bridgehead atoms. The van der Waals surface area contributed by atoms with Crippen LogP contribution in [0.2, 0.25) is 0 Å². The molecule has 2 saturated carbocycles. The largest absolute Gasteiger partial charge is 0.406 e. The maximum absolute atomic E-state index is 13.0. The van der Waals surface area contributed by atoms with E-state index in [1.807, 2.05) is 18.2 Å². The molecule has 5 heteroatoms. The third kappa shape index (κ3) is 2.35. The van der Waals surface area contributed by atoms with E-state index in [-0.39, 0.29) is 5.91 Å². The normalized spacial score (nSPS) is 27.8.